The van der Waals surface area contributed by atoms with Gasteiger partial charge in [0.1, 0.15) is 4.21 Å². The molecule has 1 spiro atoms. The number of sulfonamides is 1. The van der Waals surface area contributed by atoms with Gasteiger partial charge in [0.25, 0.3) is 0 Å². The summed E-state index contributed by atoms with van der Waals surface area (Å²) in [5.74, 6) is 0.0366. The number of nitrogens with one attached hydrogen (secondary N) is 2. The van der Waals surface area contributed by atoms with Gasteiger partial charge in [-0.1, -0.05) is 6.92 Å². The average molecular weight is 328 g/mol. The zero-order valence-corrected chi connectivity index (χ0v) is 13.6. The summed E-state index contributed by atoms with van der Waals surface area (Å²) in [4.78, 5) is 12.7. The summed E-state index contributed by atoms with van der Waals surface area (Å²) in [6.07, 6.45) is 4.56. The molecule has 2 heterocycles. The topological polar surface area (TPSA) is 75.3 Å². The van der Waals surface area contributed by atoms with Crippen molar-refractivity contribution in [2.45, 2.75) is 61.2 Å². The molecule has 1 aliphatic heterocycles. The van der Waals surface area contributed by atoms with Crippen LogP contribution >= 0.6 is 11.3 Å². The molecular weight excluding hydrogens is 308 g/mol. The van der Waals surface area contributed by atoms with Crippen LogP contribution in [0.5, 0.6) is 0 Å². The molecule has 21 heavy (non-hydrogen) atoms. The van der Waals surface area contributed by atoms with E-state index >= 15 is 0 Å². The van der Waals surface area contributed by atoms with Crippen LogP contribution in [0.1, 0.15) is 43.9 Å². The van der Waals surface area contributed by atoms with Gasteiger partial charge in [0.15, 0.2) is 0 Å². The predicted octanol–water partition coefficient (Wildman–Crippen LogP) is 1.79. The number of piperidine rings is 1. The van der Waals surface area contributed by atoms with E-state index in [1.165, 1.54) is 11.3 Å². The Morgan fingerprint density at radius 3 is 2.76 bits per heavy atom. The SMILES string of the molecule is CCc1ccc(S(=O)(=O)N[C@H]2CCC(=O)NC23CCC3)s1. The highest BCUT2D eigenvalue weighted by atomic mass is 32.2. The molecule has 7 heteroatoms. The minimum atomic E-state index is -3.50. The molecule has 1 atom stereocenters. The van der Waals surface area contributed by atoms with Gasteiger partial charge >= 0.3 is 0 Å². The second kappa shape index (κ2) is 5.37. The maximum atomic E-state index is 12.5. The first-order valence-corrected chi connectivity index (χ1v) is 9.67. The molecule has 1 saturated heterocycles. The molecule has 2 fully saturated rings. The van der Waals surface area contributed by atoms with Gasteiger partial charge in [-0.15, -0.1) is 11.3 Å². The van der Waals surface area contributed by atoms with Gasteiger partial charge in [0.05, 0.1) is 5.54 Å². The molecule has 0 unspecified atom stereocenters. The Labute approximate surface area is 129 Å². The zero-order valence-electron chi connectivity index (χ0n) is 12.0. The lowest BCUT2D eigenvalue weighted by molar-refractivity contribution is -0.127. The van der Waals surface area contributed by atoms with Crippen LogP contribution in [0.3, 0.4) is 0 Å². The highest BCUT2D eigenvalue weighted by Crippen LogP contribution is 2.39. The average Bonchev–Trinajstić information content (AvgIpc) is 2.88. The van der Waals surface area contributed by atoms with Crippen molar-refractivity contribution in [3.05, 3.63) is 17.0 Å². The molecule has 1 amide bonds. The standard InChI is InChI=1S/C14H20N2O3S2/c1-2-10-4-7-13(20-10)21(18,19)16-11-5-6-12(17)15-14(11)8-3-9-14/h4,7,11,16H,2-3,5-6,8-9H2,1H3,(H,15,17)/t11-/m0/s1. The maximum absolute atomic E-state index is 12.5. The van der Waals surface area contributed by atoms with Crippen LogP contribution in [0.15, 0.2) is 16.3 Å². The number of aryl methyl sites for hydroxylation is 1. The van der Waals surface area contributed by atoms with Crippen LogP contribution in [0.25, 0.3) is 0 Å². The molecule has 2 aliphatic rings. The first-order chi connectivity index (χ1) is 9.95. The van der Waals surface area contributed by atoms with E-state index in [0.29, 0.717) is 17.1 Å². The third-order valence-electron chi connectivity index (χ3n) is 4.51. The monoisotopic (exact) mass is 328 g/mol. The number of hydrogen-bond donors (Lipinski definition) is 2. The quantitative estimate of drug-likeness (QED) is 0.885. The van der Waals surface area contributed by atoms with E-state index in [4.69, 9.17) is 0 Å². The van der Waals surface area contributed by atoms with E-state index in [2.05, 4.69) is 10.0 Å². The number of amides is 1. The normalized spacial score (nSPS) is 24.6. The van der Waals surface area contributed by atoms with Crippen molar-refractivity contribution in [1.82, 2.24) is 10.0 Å². The zero-order chi connectivity index (χ0) is 15.1. The molecule has 1 aromatic heterocycles. The van der Waals surface area contributed by atoms with Gasteiger partial charge in [0, 0.05) is 17.3 Å². The lowest BCUT2D eigenvalue weighted by Gasteiger charge is -2.50. The van der Waals surface area contributed by atoms with Gasteiger partial charge in [-0.2, -0.15) is 0 Å². The van der Waals surface area contributed by atoms with Crippen LogP contribution in [0, 0.1) is 0 Å². The fourth-order valence-corrected chi connectivity index (χ4v) is 5.78. The van der Waals surface area contributed by atoms with Crippen molar-refractivity contribution in [1.29, 1.82) is 0 Å². The highest BCUT2D eigenvalue weighted by molar-refractivity contribution is 7.91. The minimum Gasteiger partial charge on any atom is -0.349 e. The van der Waals surface area contributed by atoms with Crippen molar-refractivity contribution in [3.63, 3.8) is 0 Å². The van der Waals surface area contributed by atoms with Gasteiger partial charge in [-0.3, -0.25) is 4.79 Å². The molecule has 3 rings (SSSR count). The number of carbonyl (C=O) groups excluding carboxylic acids is 1. The molecule has 0 aromatic carbocycles. The minimum absolute atomic E-state index is 0.0366. The van der Waals surface area contributed by atoms with Crippen molar-refractivity contribution < 1.29 is 13.2 Å². The largest absolute Gasteiger partial charge is 0.349 e. The fourth-order valence-electron chi connectivity index (χ4n) is 3.12. The van der Waals surface area contributed by atoms with E-state index in [1.807, 2.05) is 13.0 Å². The summed E-state index contributed by atoms with van der Waals surface area (Å²) in [6, 6.07) is 3.34. The van der Waals surface area contributed by atoms with Crippen LogP contribution in [-0.2, 0) is 21.2 Å². The highest BCUT2D eigenvalue weighted by Gasteiger charge is 2.49. The second-order valence-electron chi connectivity index (χ2n) is 5.84. The summed E-state index contributed by atoms with van der Waals surface area (Å²) >= 11 is 1.32. The summed E-state index contributed by atoms with van der Waals surface area (Å²) in [6.45, 7) is 2.01. The van der Waals surface area contributed by atoms with Crippen LogP contribution < -0.4 is 10.0 Å². The lowest BCUT2D eigenvalue weighted by atomic mass is 9.68. The van der Waals surface area contributed by atoms with Crippen molar-refractivity contribution in [2.75, 3.05) is 0 Å². The smallest absolute Gasteiger partial charge is 0.250 e. The van der Waals surface area contributed by atoms with Crippen molar-refractivity contribution >= 4 is 27.3 Å². The lowest BCUT2D eigenvalue weighted by Crippen LogP contribution is -2.68. The summed E-state index contributed by atoms with van der Waals surface area (Å²) in [7, 11) is -3.50. The molecule has 5 nitrogen and oxygen atoms in total. The molecule has 116 valence electrons. The third kappa shape index (κ3) is 2.74. The van der Waals surface area contributed by atoms with E-state index in [-0.39, 0.29) is 17.5 Å². The Hall–Kier alpha value is -0.920. The number of hydrogen-bond acceptors (Lipinski definition) is 4. The molecule has 1 aromatic rings. The van der Waals surface area contributed by atoms with Crippen molar-refractivity contribution in [3.8, 4) is 0 Å². The fraction of sp³-hybridized carbons (Fsp3) is 0.643. The van der Waals surface area contributed by atoms with E-state index in [0.717, 1.165) is 30.6 Å². The van der Waals surface area contributed by atoms with E-state index < -0.39 is 10.0 Å². The summed E-state index contributed by atoms with van der Waals surface area (Å²) in [5, 5.41) is 3.01. The summed E-state index contributed by atoms with van der Waals surface area (Å²) in [5.41, 5.74) is -0.354. The first kappa shape index (κ1) is 15.0. The molecule has 2 N–H and O–H groups in total. The van der Waals surface area contributed by atoms with Crippen molar-refractivity contribution in [2.24, 2.45) is 0 Å². The van der Waals surface area contributed by atoms with Gasteiger partial charge in [-0.25, -0.2) is 13.1 Å². The van der Waals surface area contributed by atoms with Gasteiger partial charge in [-0.05, 0) is 44.2 Å². The Balaban J connectivity index is 1.79. The van der Waals surface area contributed by atoms with Crippen LogP contribution in [0.2, 0.25) is 0 Å². The van der Waals surface area contributed by atoms with Crippen LogP contribution in [-0.4, -0.2) is 25.9 Å². The Bertz CT molecular complexity index is 647. The Kier molecular flexibility index (Phi) is 3.83. The first-order valence-electron chi connectivity index (χ1n) is 7.37. The predicted molar refractivity (Wildman–Crippen MR) is 81.8 cm³/mol. The Morgan fingerprint density at radius 1 is 1.43 bits per heavy atom. The summed E-state index contributed by atoms with van der Waals surface area (Å²) < 4.78 is 28.2. The molecule has 1 aliphatic carbocycles. The van der Waals surface area contributed by atoms with Crippen LogP contribution in [0.4, 0.5) is 0 Å². The van der Waals surface area contributed by atoms with Gasteiger partial charge < -0.3 is 5.32 Å². The number of carbonyl (C=O) groups is 1. The molecular formula is C14H20N2O3S2. The Morgan fingerprint density at radius 2 is 2.19 bits per heavy atom. The molecule has 1 saturated carbocycles. The second-order valence-corrected chi connectivity index (χ2v) is 8.95. The maximum Gasteiger partial charge on any atom is 0.250 e. The number of thiophene rings is 1. The third-order valence-corrected chi connectivity index (χ3v) is 7.70. The van der Waals surface area contributed by atoms with E-state index in [1.54, 1.807) is 6.07 Å². The number of rotatable bonds is 4. The van der Waals surface area contributed by atoms with Gasteiger partial charge in [0.2, 0.25) is 15.9 Å². The molecule has 0 bridgehead atoms. The van der Waals surface area contributed by atoms with E-state index in [9.17, 15) is 13.2 Å². The molecule has 0 radical (unpaired) electrons.